The minimum atomic E-state index is -0.455. The number of ether oxygens (including phenoxy) is 1. The zero-order chi connectivity index (χ0) is 9.14. The highest BCUT2D eigenvalue weighted by molar-refractivity contribution is 9.10. The third-order valence-corrected chi connectivity index (χ3v) is 1.99. The van der Waals surface area contributed by atoms with Crippen molar-refractivity contribution in [1.82, 2.24) is 0 Å². The summed E-state index contributed by atoms with van der Waals surface area (Å²) in [6.45, 7) is 0. The van der Waals surface area contributed by atoms with Crippen molar-refractivity contribution in [3.8, 4) is 5.75 Å². The van der Waals surface area contributed by atoms with Crippen molar-refractivity contribution in [3.63, 3.8) is 0 Å². The number of hydrogen-bond donors (Lipinski definition) is 0. The van der Waals surface area contributed by atoms with Gasteiger partial charge in [-0.2, -0.15) is 0 Å². The fourth-order valence-electron chi connectivity index (χ4n) is 0.763. The van der Waals surface area contributed by atoms with Gasteiger partial charge in [-0.1, -0.05) is 0 Å². The maximum absolute atomic E-state index is 10.4. The molecule has 1 rings (SSSR count). The Balaban J connectivity index is 3.12. The first-order chi connectivity index (χ1) is 5.65. The number of rotatable bonds is 2. The molecule has 0 aliphatic rings. The van der Waals surface area contributed by atoms with Crippen molar-refractivity contribution in [1.29, 1.82) is 0 Å². The first-order valence-corrected chi connectivity index (χ1v) is 3.92. The molecule has 0 saturated heterocycles. The highest BCUT2D eigenvalue weighted by Gasteiger charge is 2.11. The van der Waals surface area contributed by atoms with Gasteiger partial charge in [0.2, 0.25) is 0 Å². The molecule has 64 valence electrons. The van der Waals surface area contributed by atoms with Crippen LogP contribution in [-0.2, 0) is 0 Å². The molecule has 0 unspecified atom stereocenters. The van der Waals surface area contributed by atoms with Crippen LogP contribution in [0.5, 0.6) is 5.75 Å². The van der Waals surface area contributed by atoms with Crippen LogP contribution in [0.15, 0.2) is 22.7 Å². The summed E-state index contributed by atoms with van der Waals surface area (Å²) in [4.78, 5) is 9.90. The molecule has 5 heteroatoms. The first kappa shape index (κ1) is 8.99. The van der Waals surface area contributed by atoms with E-state index in [9.17, 15) is 10.1 Å². The number of nitro benzene ring substituents is 1. The standard InChI is InChI=1S/C7H6BrNO3/c1-12-5-2-3-7(9(10)11)6(8)4-5/h2-4H,1H3. The molecule has 0 saturated carbocycles. The monoisotopic (exact) mass is 231 g/mol. The molecule has 0 radical (unpaired) electrons. The van der Waals surface area contributed by atoms with Gasteiger partial charge >= 0.3 is 0 Å². The van der Waals surface area contributed by atoms with Crippen LogP contribution in [0, 0.1) is 10.1 Å². The van der Waals surface area contributed by atoms with Crippen LogP contribution in [0.2, 0.25) is 0 Å². The first-order valence-electron chi connectivity index (χ1n) is 3.13. The second-order valence-corrected chi connectivity index (χ2v) is 2.93. The van der Waals surface area contributed by atoms with Gasteiger partial charge in [-0.25, -0.2) is 0 Å². The molecule has 12 heavy (non-hydrogen) atoms. The van der Waals surface area contributed by atoms with E-state index in [0.29, 0.717) is 10.2 Å². The molecular formula is C7H6BrNO3. The number of benzene rings is 1. The molecule has 0 atom stereocenters. The van der Waals surface area contributed by atoms with Crippen LogP contribution in [0.1, 0.15) is 0 Å². The van der Waals surface area contributed by atoms with Crippen molar-refractivity contribution in [3.05, 3.63) is 32.8 Å². The highest BCUT2D eigenvalue weighted by atomic mass is 79.9. The Bertz CT molecular complexity index is 314. The van der Waals surface area contributed by atoms with Gasteiger partial charge in [0.05, 0.1) is 16.5 Å². The minimum Gasteiger partial charge on any atom is -0.497 e. The van der Waals surface area contributed by atoms with Gasteiger partial charge in [-0.05, 0) is 22.0 Å². The van der Waals surface area contributed by atoms with Gasteiger partial charge in [0.1, 0.15) is 5.75 Å². The lowest BCUT2D eigenvalue weighted by Gasteiger charge is -1.99. The zero-order valence-corrected chi connectivity index (χ0v) is 7.87. The summed E-state index contributed by atoms with van der Waals surface area (Å²) in [7, 11) is 1.51. The molecule has 0 aliphatic carbocycles. The SMILES string of the molecule is COc1ccc([N+](=O)[O-])c(Br)c1. The van der Waals surface area contributed by atoms with Gasteiger partial charge in [-0.15, -0.1) is 0 Å². The Morgan fingerprint density at radius 2 is 2.25 bits per heavy atom. The Kier molecular flexibility index (Phi) is 2.65. The summed E-state index contributed by atoms with van der Waals surface area (Å²) in [5, 5.41) is 10.4. The van der Waals surface area contributed by atoms with Crippen molar-refractivity contribution >= 4 is 21.6 Å². The average Bonchev–Trinajstić information content (AvgIpc) is 2.03. The maximum atomic E-state index is 10.4. The lowest BCUT2D eigenvalue weighted by Crippen LogP contribution is -1.90. The Morgan fingerprint density at radius 3 is 2.67 bits per heavy atom. The second-order valence-electron chi connectivity index (χ2n) is 2.07. The van der Waals surface area contributed by atoms with Crippen molar-refractivity contribution in [2.24, 2.45) is 0 Å². The predicted octanol–water partition coefficient (Wildman–Crippen LogP) is 2.37. The lowest BCUT2D eigenvalue weighted by atomic mass is 10.3. The normalized spacial score (nSPS) is 9.50. The van der Waals surface area contributed by atoms with Crippen LogP contribution >= 0.6 is 15.9 Å². The fourth-order valence-corrected chi connectivity index (χ4v) is 1.27. The Morgan fingerprint density at radius 1 is 1.58 bits per heavy atom. The number of hydrogen-bond acceptors (Lipinski definition) is 3. The van der Waals surface area contributed by atoms with Gasteiger partial charge in [0.25, 0.3) is 5.69 Å². The second kappa shape index (κ2) is 3.53. The summed E-state index contributed by atoms with van der Waals surface area (Å²) in [6, 6.07) is 4.49. The van der Waals surface area contributed by atoms with Gasteiger partial charge in [-0.3, -0.25) is 10.1 Å². The summed E-state index contributed by atoms with van der Waals surface area (Å²) in [5.41, 5.74) is 0.0378. The van der Waals surface area contributed by atoms with E-state index in [1.54, 1.807) is 12.1 Å². The van der Waals surface area contributed by atoms with Crippen LogP contribution < -0.4 is 4.74 Å². The summed E-state index contributed by atoms with van der Waals surface area (Å²) < 4.78 is 5.30. The molecule has 1 aromatic carbocycles. The van der Waals surface area contributed by atoms with Gasteiger partial charge in [0.15, 0.2) is 0 Å². The number of nitro groups is 1. The quantitative estimate of drug-likeness (QED) is 0.580. The van der Waals surface area contributed by atoms with Crippen LogP contribution in [0.3, 0.4) is 0 Å². The number of nitrogens with zero attached hydrogens (tertiary/aromatic N) is 1. The zero-order valence-electron chi connectivity index (χ0n) is 6.28. The molecule has 0 amide bonds. The molecule has 1 aromatic rings. The van der Waals surface area contributed by atoms with E-state index in [1.165, 1.54) is 13.2 Å². The van der Waals surface area contributed by atoms with Crippen molar-refractivity contribution in [2.45, 2.75) is 0 Å². The molecule has 4 nitrogen and oxygen atoms in total. The summed E-state index contributed by atoms with van der Waals surface area (Å²) >= 11 is 3.07. The van der Waals surface area contributed by atoms with E-state index in [1.807, 2.05) is 0 Å². The molecule has 0 N–H and O–H groups in total. The van der Waals surface area contributed by atoms with E-state index >= 15 is 0 Å². The van der Waals surface area contributed by atoms with Gasteiger partial charge < -0.3 is 4.74 Å². The Hall–Kier alpha value is -1.10. The molecule has 0 fully saturated rings. The van der Waals surface area contributed by atoms with Crippen LogP contribution in [-0.4, -0.2) is 12.0 Å². The molecule has 0 aliphatic heterocycles. The lowest BCUT2D eigenvalue weighted by molar-refractivity contribution is -0.385. The topological polar surface area (TPSA) is 52.4 Å². The fraction of sp³-hybridized carbons (Fsp3) is 0.143. The maximum Gasteiger partial charge on any atom is 0.283 e. The van der Waals surface area contributed by atoms with E-state index in [2.05, 4.69) is 15.9 Å². The molecule has 0 heterocycles. The average molecular weight is 232 g/mol. The van der Waals surface area contributed by atoms with Crippen LogP contribution in [0.4, 0.5) is 5.69 Å². The number of halogens is 1. The predicted molar refractivity (Wildman–Crippen MR) is 47.3 cm³/mol. The highest BCUT2D eigenvalue weighted by Crippen LogP contribution is 2.28. The van der Waals surface area contributed by atoms with Crippen molar-refractivity contribution in [2.75, 3.05) is 7.11 Å². The van der Waals surface area contributed by atoms with Crippen LogP contribution in [0.25, 0.3) is 0 Å². The van der Waals surface area contributed by atoms with Crippen molar-refractivity contribution < 1.29 is 9.66 Å². The van der Waals surface area contributed by atoms with E-state index in [4.69, 9.17) is 4.74 Å². The number of methoxy groups -OCH3 is 1. The molecule has 0 bridgehead atoms. The molecular weight excluding hydrogens is 226 g/mol. The van der Waals surface area contributed by atoms with Gasteiger partial charge in [0, 0.05) is 12.1 Å². The van der Waals surface area contributed by atoms with E-state index in [-0.39, 0.29) is 5.69 Å². The van der Waals surface area contributed by atoms with E-state index in [0.717, 1.165) is 0 Å². The Labute approximate surface area is 77.4 Å². The third-order valence-electron chi connectivity index (χ3n) is 1.35. The minimum absolute atomic E-state index is 0.0378. The smallest absolute Gasteiger partial charge is 0.283 e. The third kappa shape index (κ3) is 1.73. The largest absolute Gasteiger partial charge is 0.497 e. The van der Waals surface area contributed by atoms with E-state index < -0.39 is 4.92 Å². The summed E-state index contributed by atoms with van der Waals surface area (Å²) in [5.74, 6) is 0.590. The molecule has 0 aromatic heterocycles. The summed E-state index contributed by atoms with van der Waals surface area (Å²) in [6.07, 6.45) is 0. The molecule has 0 spiro atoms.